The zero-order chi connectivity index (χ0) is 13.4. The van der Waals surface area contributed by atoms with Crippen molar-refractivity contribution in [3.05, 3.63) is 29.8 Å². The summed E-state index contributed by atoms with van der Waals surface area (Å²) in [6.45, 7) is 5.29. The quantitative estimate of drug-likeness (QED) is 0.724. The SMILES string of the molecule is C#CC(C)NC(CN)c1ccc(OCCC)cc1. The highest BCUT2D eigenvalue weighted by Gasteiger charge is 2.11. The standard InChI is InChI=1S/C15H22N2O/c1-4-10-18-14-8-6-13(7-9-14)15(11-16)17-12(3)5-2/h2,6-9,12,15,17H,4,10-11,16H2,1,3H3. The topological polar surface area (TPSA) is 47.3 Å². The molecule has 0 aliphatic carbocycles. The molecule has 0 amide bonds. The van der Waals surface area contributed by atoms with Crippen molar-refractivity contribution in [1.29, 1.82) is 0 Å². The molecule has 2 atom stereocenters. The molecular formula is C15H22N2O. The molecule has 98 valence electrons. The first kappa shape index (κ1) is 14.6. The lowest BCUT2D eigenvalue weighted by Gasteiger charge is -2.19. The Morgan fingerprint density at radius 3 is 2.56 bits per heavy atom. The molecule has 3 heteroatoms. The highest BCUT2D eigenvalue weighted by atomic mass is 16.5. The van der Waals surface area contributed by atoms with E-state index in [1.54, 1.807) is 0 Å². The number of nitrogens with two attached hydrogens (primary N) is 1. The van der Waals surface area contributed by atoms with Crippen molar-refractivity contribution in [2.75, 3.05) is 13.2 Å². The lowest BCUT2D eigenvalue weighted by atomic mass is 10.1. The first-order valence-corrected chi connectivity index (χ1v) is 6.36. The van der Waals surface area contributed by atoms with Crippen LogP contribution < -0.4 is 15.8 Å². The average molecular weight is 246 g/mol. The third-order valence-electron chi connectivity index (χ3n) is 2.69. The van der Waals surface area contributed by atoms with E-state index in [0.29, 0.717) is 6.54 Å². The molecule has 1 aromatic carbocycles. The summed E-state index contributed by atoms with van der Waals surface area (Å²) in [6.07, 6.45) is 6.37. The van der Waals surface area contributed by atoms with Gasteiger partial charge in [-0.15, -0.1) is 6.42 Å². The molecule has 3 N–H and O–H groups in total. The van der Waals surface area contributed by atoms with Crippen LogP contribution in [0.15, 0.2) is 24.3 Å². The van der Waals surface area contributed by atoms with Crippen molar-refractivity contribution < 1.29 is 4.74 Å². The molecule has 0 heterocycles. The Hall–Kier alpha value is -1.50. The van der Waals surface area contributed by atoms with E-state index in [9.17, 15) is 0 Å². The van der Waals surface area contributed by atoms with E-state index >= 15 is 0 Å². The summed E-state index contributed by atoms with van der Waals surface area (Å²) in [7, 11) is 0. The average Bonchev–Trinajstić information content (AvgIpc) is 2.42. The summed E-state index contributed by atoms with van der Waals surface area (Å²) in [5.41, 5.74) is 6.89. The lowest BCUT2D eigenvalue weighted by molar-refractivity contribution is 0.317. The van der Waals surface area contributed by atoms with Gasteiger partial charge in [-0.2, -0.15) is 0 Å². The fourth-order valence-electron chi connectivity index (χ4n) is 1.67. The van der Waals surface area contributed by atoms with Gasteiger partial charge in [-0.3, -0.25) is 5.32 Å². The predicted octanol–water partition coefficient (Wildman–Crippen LogP) is 2.09. The lowest BCUT2D eigenvalue weighted by Crippen LogP contribution is -2.34. The van der Waals surface area contributed by atoms with Gasteiger partial charge < -0.3 is 10.5 Å². The summed E-state index contributed by atoms with van der Waals surface area (Å²) in [5.74, 6) is 3.54. The van der Waals surface area contributed by atoms with Crippen molar-refractivity contribution in [3.8, 4) is 18.1 Å². The first-order valence-electron chi connectivity index (χ1n) is 6.36. The Labute approximate surface area is 110 Å². The fourth-order valence-corrected chi connectivity index (χ4v) is 1.67. The number of rotatable bonds is 7. The molecule has 0 spiro atoms. The van der Waals surface area contributed by atoms with Crippen LogP contribution >= 0.6 is 0 Å². The molecule has 0 fully saturated rings. The maximum Gasteiger partial charge on any atom is 0.119 e. The van der Waals surface area contributed by atoms with E-state index in [0.717, 1.165) is 24.3 Å². The predicted molar refractivity (Wildman–Crippen MR) is 75.5 cm³/mol. The number of nitrogens with one attached hydrogen (secondary N) is 1. The Bertz CT molecular complexity index is 380. The Morgan fingerprint density at radius 2 is 2.06 bits per heavy atom. The van der Waals surface area contributed by atoms with Crippen LogP contribution in [-0.4, -0.2) is 19.2 Å². The molecule has 0 saturated carbocycles. The number of ether oxygens (including phenoxy) is 1. The smallest absolute Gasteiger partial charge is 0.119 e. The van der Waals surface area contributed by atoms with Crippen molar-refractivity contribution in [2.45, 2.75) is 32.4 Å². The number of terminal acetylenes is 1. The van der Waals surface area contributed by atoms with Gasteiger partial charge in [0.05, 0.1) is 12.6 Å². The molecule has 0 aliphatic heterocycles. The minimum atomic E-state index is 0.00886. The molecule has 0 aromatic heterocycles. The van der Waals surface area contributed by atoms with E-state index < -0.39 is 0 Å². The zero-order valence-corrected chi connectivity index (χ0v) is 11.1. The van der Waals surface area contributed by atoms with E-state index in [4.69, 9.17) is 16.9 Å². The zero-order valence-electron chi connectivity index (χ0n) is 11.1. The highest BCUT2D eigenvalue weighted by Crippen LogP contribution is 2.18. The Balaban J connectivity index is 2.67. The molecular weight excluding hydrogens is 224 g/mol. The fraction of sp³-hybridized carbons (Fsp3) is 0.467. The van der Waals surface area contributed by atoms with Crippen LogP contribution in [-0.2, 0) is 0 Å². The van der Waals surface area contributed by atoms with Gasteiger partial charge in [0.15, 0.2) is 0 Å². The molecule has 0 saturated heterocycles. The molecule has 1 rings (SSSR count). The summed E-state index contributed by atoms with van der Waals surface area (Å²) >= 11 is 0. The van der Waals surface area contributed by atoms with Crippen LogP contribution in [0.25, 0.3) is 0 Å². The Morgan fingerprint density at radius 1 is 1.39 bits per heavy atom. The first-order chi connectivity index (χ1) is 8.71. The van der Waals surface area contributed by atoms with E-state index in [-0.39, 0.29) is 12.1 Å². The van der Waals surface area contributed by atoms with E-state index in [1.807, 2.05) is 31.2 Å². The minimum absolute atomic E-state index is 0.00886. The van der Waals surface area contributed by atoms with Gasteiger partial charge in [0, 0.05) is 12.6 Å². The van der Waals surface area contributed by atoms with Crippen LogP contribution in [0.5, 0.6) is 5.75 Å². The summed E-state index contributed by atoms with van der Waals surface area (Å²) in [6, 6.07) is 8.08. The van der Waals surface area contributed by atoms with Gasteiger partial charge in [0.1, 0.15) is 5.75 Å². The van der Waals surface area contributed by atoms with E-state index in [1.165, 1.54) is 0 Å². The molecule has 0 bridgehead atoms. The Kier molecular flexibility index (Phi) is 6.27. The monoisotopic (exact) mass is 246 g/mol. The number of hydrogen-bond donors (Lipinski definition) is 2. The second kappa shape index (κ2) is 7.75. The van der Waals surface area contributed by atoms with Crippen molar-refractivity contribution in [3.63, 3.8) is 0 Å². The third-order valence-corrected chi connectivity index (χ3v) is 2.69. The summed E-state index contributed by atoms with van der Waals surface area (Å²) in [5, 5.41) is 3.29. The minimum Gasteiger partial charge on any atom is -0.494 e. The second-order valence-electron chi connectivity index (χ2n) is 4.26. The van der Waals surface area contributed by atoms with Gasteiger partial charge in [-0.1, -0.05) is 25.0 Å². The van der Waals surface area contributed by atoms with Crippen LogP contribution in [0.3, 0.4) is 0 Å². The van der Waals surface area contributed by atoms with Gasteiger partial charge in [-0.25, -0.2) is 0 Å². The van der Waals surface area contributed by atoms with Gasteiger partial charge in [-0.05, 0) is 31.0 Å². The number of hydrogen-bond acceptors (Lipinski definition) is 3. The van der Waals surface area contributed by atoms with E-state index in [2.05, 4.69) is 18.2 Å². The van der Waals surface area contributed by atoms with Crippen LogP contribution in [0, 0.1) is 12.3 Å². The summed E-state index contributed by atoms with van der Waals surface area (Å²) < 4.78 is 5.54. The second-order valence-corrected chi connectivity index (χ2v) is 4.26. The molecule has 2 unspecified atom stereocenters. The maximum atomic E-state index is 5.76. The largest absolute Gasteiger partial charge is 0.494 e. The molecule has 3 nitrogen and oxygen atoms in total. The number of benzene rings is 1. The molecule has 0 aliphatic rings. The molecule has 1 aromatic rings. The van der Waals surface area contributed by atoms with Crippen molar-refractivity contribution in [1.82, 2.24) is 5.32 Å². The maximum absolute atomic E-state index is 5.76. The van der Waals surface area contributed by atoms with Gasteiger partial charge >= 0.3 is 0 Å². The molecule has 0 radical (unpaired) electrons. The normalized spacial score (nSPS) is 13.7. The van der Waals surface area contributed by atoms with Crippen molar-refractivity contribution in [2.24, 2.45) is 5.73 Å². The third kappa shape index (κ3) is 4.40. The van der Waals surface area contributed by atoms with Crippen LogP contribution in [0.4, 0.5) is 0 Å². The van der Waals surface area contributed by atoms with Crippen molar-refractivity contribution >= 4 is 0 Å². The van der Waals surface area contributed by atoms with Crippen LogP contribution in [0.1, 0.15) is 31.9 Å². The van der Waals surface area contributed by atoms with Gasteiger partial charge in [0.25, 0.3) is 0 Å². The molecule has 18 heavy (non-hydrogen) atoms. The summed E-state index contributed by atoms with van der Waals surface area (Å²) in [4.78, 5) is 0. The van der Waals surface area contributed by atoms with Gasteiger partial charge in [0.2, 0.25) is 0 Å². The van der Waals surface area contributed by atoms with Crippen LogP contribution in [0.2, 0.25) is 0 Å². The highest BCUT2D eigenvalue weighted by molar-refractivity contribution is 5.29.